The quantitative estimate of drug-likeness (QED) is 0.585. The minimum absolute atomic E-state index is 0.0300. The molecule has 1 heterocycles. The predicted octanol–water partition coefficient (Wildman–Crippen LogP) is 1.85. The van der Waals surface area contributed by atoms with Crippen molar-refractivity contribution in [2.45, 2.75) is 26.8 Å². The largest absolute Gasteiger partial charge is 0.466 e. The lowest BCUT2D eigenvalue weighted by atomic mass is 10.1. The summed E-state index contributed by atoms with van der Waals surface area (Å²) in [4.78, 5) is 11.6. The van der Waals surface area contributed by atoms with E-state index >= 15 is 0 Å². The molecule has 2 N–H and O–H groups in total. The maximum Gasteiger partial charge on any atom is 0.234 e. The Kier molecular flexibility index (Phi) is 4.97. The Morgan fingerprint density at radius 2 is 2.29 bits per heavy atom. The second kappa shape index (κ2) is 6.25. The van der Waals surface area contributed by atoms with Gasteiger partial charge in [0.15, 0.2) is 0 Å². The Hall–Kier alpha value is -1.55. The first kappa shape index (κ1) is 13.5. The van der Waals surface area contributed by atoms with E-state index in [2.05, 4.69) is 17.2 Å². The summed E-state index contributed by atoms with van der Waals surface area (Å²) in [5.74, 6) is 1.69. The van der Waals surface area contributed by atoms with Gasteiger partial charge >= 0.3 is 0 Å². The van der Waals surface area contributed by atoms with Crippen LogP contribution in [0.1, 0.15) is 30.0 Å². The average molecular weight is 236 g/mol. The third-order valence-electron chi connectivity index (χ3n) is 2.50. The van der Waals surface area contributed by atoms with Crippen molar-refractivity contribution in [3.8, 4) is 0 Å². The highest BCUT2D eigenvalue weighted by Crippen LogP contribution is 2.20. The van der Waals surface area contributed by atoms with Gasteiger partial charge < -0.3 is 15.1 Å². The zero-order chi connectivity index (χ0) is 12.8. The van der Waals surface area contributed by atoms with E-state index in [0.717, 1.165) is 17.1 Å². The van der Waals surface area contributed by atoms with E-state index in [1.165, 1.54) is 0 Å². The third-order valence-corrected chi connectivity index (χ3v) is 2.50. The van der Waals surface area contributed by atoms with Gasteiger partial charge in [-0.15, -0.1) is 6.58 Å². The van der Waals surface area contributed by atoms with Crippen LogP contribution in [0.3, 0.4) is 0 Å². The first-order valence-electron chi connectivity index (χ1n) is 5.72. The van der Waals surface area contributed by atoms with Crippen molar-refractivity contribution < 1.29 is 9.21 Å². The number of rotatable bonds is 6. The maximum absolute atomic E-state index is 11.6. The molecule has 0 saturated heterocycles. The van der Waals surface area contributed by atoms with Crippen LogP contribution in [0.15, 0.2) is 23.1 Å². The van der Waals surface area contributed by atoms with E-state index in [-0.39, 0.29) is 11.9 Å². The van der Waals surface area contributed by atoms with E-state index in [0.29, 0.717) is 13.1 Å². The van der Waals surface area contributed by atoms with E-state index < -0.39 is 0 Å². The van der Waals surface area contributed by atoms with Crippen molar-refractivity contribution in [1.29, 1.82) is 0 Å². The Bertz CT molecular complexity index is 396. The summed E-state index contributed by atoms with van der Waals surface area (Å²) in [6.07, 6.45) is 1.72. The molecule has 1 aromatic rings. The fourth-order valence-electron chi connectivity index (χ4n) is 1.74. The molecule has 17 heavy (non-hydrogen) atoms. The number of carbonyl (C=O) groups is 1. The normalized spacial score (nSPS) is 12.2. The van der Waals surface area contributed by atoms with Gasteiger partial charge in [0.1, 0.15) is 11.5 Å². The van der Waals surface area contributed by atoms with Crippen LogP contribution in [-0.4, -0.2) is 19.0 Å². The molecule has 0 bridgehead atoms. The maximum atomic E-state index is 11.6. The molecule has 0 saturated carbocycles. The predicted molar refractivity (Wildman–Crippen MR) is 67.8 cm³/mol. The Labute approximate surface area is 102 Å². The van der Waals surface area contributed by atoms with Gasteiger partial charge in [-0.2, -0.15) is 0 Å². The number of aryl methyl sites for hydroxylation is 2. The molecule has 0 fully saturated rings. The van der Waals surface area contributed by atoms with Crippen LogP contribution < -0.4 is 10.6 Å². The summed E-state index contributed by atoms with van der Waals surface area (Å²) in [5, 5.41) is 5.87. The van der Waals surface area contributed by atoms with Crippen LogP contribution in [0, 0.1) is 13.8 Å². The molecule has 0 aliphatic rings. The number of nitrogens with one attached hydrogen (secondary N) is 2. The zero-order valence-electron chi connectivity index (χ0n) is 10.7. The molecule has 1 aromatic heterocycles. The van der Waals surface area contributed by atoms with E-state index in [4.69, 9.17) is 4.42 Å². The highest BCUT2D eigenvalue weighted by Gasteiger charge is 2.14. The molecule has 1 atom stereocenters. The monoisotopic (exact) mass is 236 g/mol. The molecule has 1 unspecified atom stereocenters. The van der Waals surface area contributed by atoms with Crippen LogP contribution >= 0.6 is 0 Å². The lowest BCUT2D eigenvalue weighted by molar-refractivity contribution is -0.120. The first-order valence-corrected chi connectivity index (χ1v) is 5.72. The minimum atomic E-state index is -0.0366. The number of hydrogen-bond donors (Lipinski definition) is 2. The standard InChI is InChI=1S/C13H20N2O2/c1-5-6-14-8-13(16)15-10(3)12-7-9(2)17-11(12)4/h5,7,10,14H,1,6,8H2,2-4H3,(H,15,16). The molecule has 1 rings (SSSR count). The second-order valence-electron chi connectivity index (χ2n) is 4.08. The van der Waals surface area contributed by atoms with Crippen LogP contribution in [0.25, 0.3) is 0 Å². The van der Waals surface area contributed by atoms with Crippen molar-refractivity contribution in [3.63, 3.8) is 0 Å². The summed E-state index contributed by atoms with van der Waals surface area (Å²) < 4.78 is 5.44. The Balaban J connectivity index is 2.48. The van der Waals surface area contributed by atoms with Crippen LogP contribution in [0.4, 0.5) is 0 Å². The summed E-state index contributed by atoms with van der Waals surface area (Å²) in [7, 11) is 0. The van der Waals surface area contributed by atoms with Crippen LogP contribution in [0.2, 0.25) is 0 Å². The lowest BCUT2D eigenvalue weighted by Crippen LogP contribution is -2.35. The summed E-state index contributed by atoms with van der Waals surface area (Å²) in [6, 6.07) is 1.92. The first-order chi connectivity index (χ1) is 8.04. The van der Waals surface area contributed by atoms with Crippen molar-refractivity contribution in [2.75, 3.05) is 13.1 Å². The number of furan rings is 1. The highest BCUT2D eigenvalue weighted by atomic mass is 16.3. The molecule has 0 aliphatic carbocycles. The molecule has 0 aliphatic heterocycles. The third kappa shape index (κ3) is 4.07. The topological polar surface area (TPSA) is 54.3 Å². The summed E-state index contributed by atoms with van der Waals surface area (Å²) in [6.45, 7) is 10.3. The van der Waals surface area contributed by atoms with Gasteiger partial charge in [-0.25, -0.2) is 0 Å². The fraction of sp³-hybridized carbons (Fsp3) is 0.462. The van der Waals surface area contributed by atoms with Crippen molar-refractivity contribution in [1.82, 2.24) is 10.6 Å². The summed E-state index contributed by atoms with van der Waals surface area (Å²) >= 11 is 0. The van der Waals surface area contributed by atoms with Crippen LogP contribution in [0.5, 0.6) is 0 Å². The Morgan fingerprint density at radius 3 is 2.82 bits per heavy atom. The fourth-order valence-corrected chi connectivity index (χ4v) is 1.74. The highest BCUT2D eigenvalue weighted by molar-refractivity contribution is 5.78. The smallest absolute Gasteiger partial charge is 0.234 e. The number of amides is 1. The zero-order valence-corrected chi connectivity index (χ0v) is 10.7. The van der Waals surface area contributed by atoms with Gasteiger partial charge in [0, 0.05) is 12.1 Å². The molecule has 94 valence electrons. The second-order valence-corrected chi connectivity index (χ2v) is 4.08. The molecule has 0 radical (unpaired) electrons. The summed E-state index contributed by atoms with van der Waals surface area (Å²) in [5.41, 5.74) is 1.03. The van der Waals surface area contributed by atoms with Gasteiger partial charge in [0.05, 0.1) is 12.6 Å². The van der Waals surface area contributed by atoms with Crippen molar-refractivity contribution >= 4 is 5.91 Å². The molecule has 4 heteroatoms. The Morgan fingerprint density at radius 1 is 1.59 bits per heavy atom. The van der Waals surface area contributed by atoms with Crippen LogP contribution in [-0.2, 0) is 4.79 Å². The minimum Gasteiger partial charge on any atom is -0.466 e. The number of carbonyl (C=O) groups excluding carboxylic acids is 1. The van der Waals surface area contributed by atoms with Gasteiger partial charge in [-0.1, -0.05) is 6.08 Å². The molecule has 4 nitrogen and oxygen atoms in total. The number of hydrogen-bond acceptors (Lipinski definition) is 3. The molecular formula is C13H20N2O2. The average Bonchev–Trinajstić information content (AvgIpc) is 2.58. The van der Waals surface area contributed by atoms with E-state index in [1.54, 1.807) is 6.08 Å². The van der Waals surface area contributed by atoms with Gasteiger partial charge in [-0.3, -0.25) is 4.79 Å². The van der Waals surface area contributed by atoms with E-state index in [9.17, 15) is 4.79 Å². The SMILES string of the molecule is C=CCNCC(=O)NC(C)c1cc(C)oc1C. The molecule has 0 spiro atoms. The van der Waals surface area contributed by atoms with Gasteiger partial charge in [0.2, 0.25) is 5.91 Å². The molecule has 0 aromatic carbocycles. The lowest BCUT2D eigenvalue weighted by Gasteiger charge is -2.13. The molecular weight excluding hydrogens is 216 g/mol. The van der Waals surface area contributed by atoms with E-state index in [1.807, 2.05) is 26.8 Å². The molecule has 1 amide bonds. The van der Waals surface area contributed by atoms with Gasteiger partial charge in [0.25, 0.3) is 0 Å². The van der Waals surface area contributed by atoms with Gasteiger partial charge in [-0.05, 0) is 26.8 Å². The van der Waals surface area contributed by atoms with Crippen molar-refractivity contribution in [2.24, 2.45) is 0 Å². The van der Waals surface area contributed by atoms with Crippen molar-refractivity contribution in [3.05, 3.63) is 35.8 Å².